The molecule has 0 aliphatic carbocycles. The normalized spacial score (nSPS) is 16.1. The van der Waals surface area contributed by atoms with Crippen LogP contribution in [0.2, 0.25) is 0 Å². The number of hydrogen-bond acceptors (Lipinski definition) is 4. The summed E-state index contributed by atoms with van der Waals surface area (Å²) < 4.78 is 5.63. The Kier molecular flexibility index (Phi) is 8.34. The highest BCUT2D eigenvalue weighted by Gasteiger charge is 2.22. The summed E-state index contributed by atoms with van der Waals surface area (Å²) in [5, 5.41) is 6.78. The van der Waals surface area contributed by atoms with Crippen molar-refractivity contribution in [2.75, 3.05) is 31.6 Å². The van der Waals surface area contributed by atoms with Gasteiger partial charge in [0.05, 0.1) is 12.2 Å². The third-order valence-electron chi connectivity index (χ3n) is 5.48. The summed E-state index contributed by atoms with van der Waals surface area (Å²) >= 11 is 0. The predicted octanol–water partition coefficient (Wildman–Crippen LogP) is 4.46. The van der Waals surface area contributed by atoms with Gasteiger partial charge in [-0.25, -0.2) is 4.98 Å². The van der Waals surface area contributed by atoms with Crippen LogP contribution in [0.1, 0.15) is 17.7 Å². The largest absolute Gasteiger partial charge is 0.444 e. The molecule has 1 aromatic heterocycles. The lowest BCUT2D eigenvalue weighted by Gasteiger charge is -2.19. The quantitative estimate of drug-likeness (QED) is 0.280. The van der Waals surface area contributed by atoms with Crippen LogP contribution in [0.25, 0.3) is 11.5 Å². The second-order valence-electron chi connectivity index (χ2n) is 7.75. The maximum atomic E-state index is 5.63. The van der Waals surface area contributed by atoms with Gasteiger partial charge in [-0.2, -0.15) is 0 Å². The van der Waals surface area contributed by atoms with Crippen molar-refractivity contribution < 1.29 is 4.42 Å². The molecule has 6 nitrogen and oxygen atoms in total. The molecule has 0 bridgehead atoms. The number of nitrogens with zero attached hydrogens (tertiary/aromatic N) is 3. The second kappa shape index (κ2) is 11.2. The first-order valence-electron chi connectivity index (χ1n) is 10.5. The molecule has 1 saturated heterocycles. The standard InChI is InChI=1S/C24H29N5O.HI/c1-18-8-10-20(11-9-18)23-28-21(17-30-23)15-27-24(25-2)26-14-19-12-13-29(16-19)22-6-4-3-5-7-22;/h3-11,17,19H,12-16H2,1-2H3,(H2,25,26,27);1H. The van der Waals surface area contributed by atoms with E-state index >= 15 is 0 Å². The van der Waals surface area contributed by atoms with E-state index in [1.807, 2.05) is 12.1 Å². The van der Waals surface area contributed by atoms with E-state index in [-0.39, 0.29) is 24.0 Å². The first-order valence-corrected chi connectivity index (χ1v) is 10.5. The van der Waals surface area contributed by atoms with Crippen LogP contribution in [-0.4, -0.2) is 37.6 Å². The lowest BCUT2D eigenvalue weighted by atomic mass is 10.1. The fraction of sp³-hybridized carbons (Fsp3) is 0.333. The topological polar surface area (TPSA) is 65.7 Å². The summed E-state index contributed by atoms with van der Waals surface area (Å²) in [6.07, 6.45) is 2.88. The Hall–Kier alpha value is -2.55. The number of oxazole rings is 1. The summed E-state index contributed by atoms with van der Waals surface area (Å²) in [6, 6.07) is 18.8. The van der Waals surface area contributed by atoms with Crippen molar-refractivity contribution >= 4 is 35.6 Å². The first kappa shape index (κ1) is 23.1. The molecule has 3 aromatic rings. The Morgan fingerprint density at radius 3 is 2.65 bits per heavy atom. The van der Waals surface area contributed by atoms with E-state index in [1.54, 1.807) is 13.3 Å². The molecule has 31 heavy (non-hydrogen) atoms. The fourth-order valence-electron chi connectivity index (χ4n) is 3.73. The third kappa shape index (κ3) is 6.22. The molecule has 164 valence electrons. The van der Waals surface area contributed by atoms with E-state index in [4.69, 9.17) is 4.42 Å². The van der Waals surface area contributed by atoms with Crippen LogP contribution < -0.4 is 15.5 Å². The lowest BCUT2D eigenvalue weighted by Crippen LogP contribution is -2.40. The van der Waals surface area contributed by atoms with Crippen molar-refractivity contribution in [3.05, 3.63) is 72.1 Å². The first-order chi connectivity index (χ1) is 14.7. The van der Waals surface area contributed by atoms with E-state index in [9.17, 15) is 0 Å². The van der Waals surface area contributed by atoms with Crippen LogP contribution in [0, 0.1) is 12.8 Å². The molecule has 7 heteroatoms. The van der Waals surface area contributed by atoms with Gasteiger partial charge in [0.1, 0.15) is 6.26 Å². The molecule has 4 rings (SSSR count). The average molecular weight is 531 g/mol. The Bertz CT molecular complexity index is 971. The average Bonchev–Trinajstić information content (AvgIpc) is 3.45. The molecule has 1 unspecified atom stereocenters. The number of anilines is 1. The van der Waals surface area contributed by atoms with Crippen molar-refractivity contribution in [3.63, 3.8) is 0 Å². The third-order valence-corrected chi connectivity index (χ3v) is 5.48. The van der Waals surface area contributed by atoms with Gasteiger partial charge in [-0.1, -0.05) is 35.9 Å². The summed E-state index contributed by atoms with van der Waals surface area (Å²) in [7, 11) is 1.79. The summed E-state index contributed by atoms with van der Waals surface area (Å²) in [5.74, 6) is 2.03. The van der Waals surface area contributed by atoms with Crippen LogP contribution in [-0.2, 0) is 6.54 Å². The highest BCUT2D eigenvalue weighted by Crippen LogP contribution is 2.23. The van der Waals surface area contributed by atoms with Gasteiger partial charge in [-0.3, -0.25) is 4.99 Å². The van der Waals surface area contributed by atoms with Crippen LogP contribution in [0.3, 0.4) is 0 Å². The second-order valence-corrected chi connectivity index (χ2v) is 7.75. The van der Waals surface area contributed by atoms with Crippen LogP contribution in [0.5, 0.6) is 0 Å². The number of aromatic nitrogens is 1. The van der Waals surface area contributed by atoms with E-state index < -0.39 is 0 Å². The zero-order valence-corrected chi connectivity index (χ0v) is 20.4. The molecule has 2 aromatic carbocycles. The minimum absolute atomic E-state index is 0. The van der Waals surface area contributed by atoms with Crippen molar-refractivity contribution in [2.45, 2.75) is 19.9 Å². The van der Waals surface area contributed by atoms with Gasteiger partial charge < -0.3 is 20.0 Å². The van der Waals surface area contributed by atoms with Gasteiger partial charge in [0.2, 0.25) is 5.89 Å². The van der Waals surface area contributed by atoms with Crippen molar-refractivity contribution in [2.24, 2.45) is 10.9 Å². The van der Waals surface area contributed by atoms with Crippen molar-refractivity contribution in [1.82, 2.24) is 15.6 Å². The Morgan fingerprint density at radius 2 is 1.90 bits per heavy atom. The zero-order chi connectivity index (χ0) is 20.8. The van der Waals surface area contributed by atoms with Gasteiger partial charge in [-0.05, 0) is 43.5 Å². The molecule has 1 fully saturated rings. The molecule has 0 spiro atoms. The Labute approximate surface area is 201 Å². The minimum Gasteiger partial charge on any atom is -0.444 e. The van der Waals surface area contributed by atoms with E-state index in [2.05, 4.69) is 74.9 Å². The summed E-state index contributed by atoms with van der Waals surface area (Å²) in [5.41, 5.74) is 4.36. The number of guanidine groups is 1. The molecule has 1 atom stereocenters. The van der Waals surface area contributed by atoms with Gasteiger partial charge in [-0.15, -0.1) is 24.0 Å². The van der Waals surface area contributed by atoms with Crippen molar-refractivity contribution in [1.29, 1.82) is 0 Å². The fourth-order valence-corrected chi connectivity index (χ4v) is 3.73. The highest BCUT2D eigenvalue weighted by molar-refractivity contribution is 14.0. The predicted molar refractivity (Wildman–Crippen MR) is 137 cm³/mol. The van der Waals surface area contributed by atoms with E-state index in [1.165, 1.54) is 17.7 Å². The molecule has 0 amide bonds. The number of hydrogen-bond donors (Lipinski definition) is 2. The Balaban J connectivity index is 0.00000272. The van der Waals surface area contributed by atoms with Gasteiger partial charge >= 0.3 is 0 Å². The number of halogens is 1. The zero-order valence-electron chi connectivity index (χ0n) is 18.0. The molecule has 1 aliphatic rings. The number of benzene rings is 2. The highest BCUT2D eigenvalue weighted by atomic mass is 127. The number of para-hydroxylation sites is 1. The number of aliphatic imine (C=N–C) groups is 1. The van der Waals surface area contributed by atoms with Crippen LogP contribution in [0.15, 0.2) is 70.3 Å². The monoisotopic (exact) mass is 531 g/mol. The molecule has 2 N–H and O–H groups in total. The number of nitrogens with one attached hydrogen (secondary N) is 2. The molecule has 1 aliphatic heterocycles. The molecule has 0 radical (unpaired) electrons. The van der Waals surface area contributed by atoms with Gasteiger partial charge in [0.25, 0.3) is 0 Å². The van der Waals surface area contributed by atoms with Crippen LogP contribution in [0.4, 0.5) is 5.69 Å². The lowest BCUT2D eigenvalue weighted by molar-refractivity contribution is 0.564. The number of rotatable bonds is 6. The van der Waals surface area contributed by atoms with E-state index in [0.29, 0.717) is 18.4 Å². The van der Waals surface area contributed by atoms with Gasteiger partial charge in [0.15, 0.2) is 5.96 Å². The summed E-state index contributed by atoms with van der Waals surface area (Å²) in [6.45, 7) is 5.70. The molecular weight excluding hydrogens is 501 g/mol. The van der Waals surface area contributed by atoms with E-state index in [0.717, 1.165) is 36.9 Å². The molecular formula is C24H30IN5O. The van der Waals surface area contributed by atoms with Gasteiger partial charge in [0, 0.05) is 37.9 Å². The maximum absolute atomic E-state index is 5.63. The Morgan fingerprint density at radius 1 is 1.13 bits per heavy atom. The minimum atomic E-state index is 0. The van der Waals surface area contributed by atoms with Crippen LogP contribution >= 0.6 is 24.0 Å². The SMILES string of the molecule is CN=C(NCc1coc(-c2ccc(C)cc2)n1)NCC1CCN(c2ccccc2)C1.I. The number of aryl methyl sites for hydroxylation is 1. The van der Waals surface area contributed by atoms with Crippen molar-refractivity contribution in [3.8, 4) is 11.5 Å². The molecule has 0 saturated carbocycles. The maximum Gasteiger partial charge on any atom is 0.226 e. The summed E-state index contributed by atoms with van der Waals surface area (Å²) in [4.78, 5) is 11.4. The molecule has 2 heterocycles. The smallest absolute Gasteiger partial charge is 0.226 e.